The summed E-state index contributed by atoms with van der Waals surface area (Å²) in [5.41, 5.74) is 5.54. The molecule has 6 nitrogen and oxygen atoms in total. The number of hydrogen-bond acceptors (Lipinski definition) is 5. The molecule has 0 amide bonds. The van der Waals surface area contributed by atoms with E-state index in [1.807, 2.05) is 0 Å². The van der Waals surface area contributed by atoms with E-state index < -0.39 is 0 Å². The van der Waals surface area contributed by atoms with Crippen LogP contribution >= 0.6 is 0 Å². The first-order chi connectivity index (χ1) is 7.79. The summed E-state index contributed by atoms with van der Waals surface area (Å²) in [6.07, 6.45) is 5.09. The molecule has 2 heterocycles. The van der Waals surface area contributed by atoms with Crippen LogP contribution in [0.25, 0.3) is 11.6 Å². The Bertz CT molecular complexity index is 422. The number of nitrogens with one attached hydrogen (secondary N) is 1. The maximum atomic E-state index is 5.54. The van der Waals surface area contributed by atoms with E-state index in [-0.39, 0.29) is 0 Å². The van der Waals surface area contributed by atoms with Crippen molar-refractivity contribution in [1.82, 2.24) is 20.1 Å². The van der Waals surface area contributed by atoms with Crippen LogP contribution in [0.3, 0.4) is 0 Å². The Balaban J connectivity index is 1.98. The van der Waals surface area contributed by atoms with Crippen molar-refractivity contribution in [3.8, 4) is 11.6 Å². The molecule has 0 aromatic carbocycles. The molecule has 1 atom stereocenters. The van der Waals surface area contributed by atoms with E-state index >= 15 is 0 Å². The smallest absolute Gasteiger partial charge is 0.238 e. The lowest BCUT2D eigenvalue weighted by Gasteiger charge is -2.03. The molecular weight excluding hydrogens is 206 g/mol. The molecule has 0 aliphatic rings. The maximum absolute atomic E-state index is 5.54. The van der Waals surface area contributed by atoms with E-state index in [4.69, 9.17) is 10.3 Å². The molecule has 2 aromatic rings. The Labute approximate surface area is 93.3 Å². The van der Waals surface area contributed by atoms with E-state index in [1.54, 1.807) is 12.4 Å². The quantitative estimate of drug-likeness (QED) is 0.785. The number of H-pyrrole nitrogens is 1. The average Bonchev–Trinajstić information content (AvgIpc) is 2.95. The Hall–Kier alpha value is -1.69. The Morgan fingerprint density at radius 2 is 2.44 bits per heavy atom. The van der Waals surface area contributed by atoms with Gasteiger partial charge in [-0.15, -0.1) is 0 Å². The van der Waals surface area contributed by atoms with E-state index in [1.165, 1.54) is 0 Å². The molecule has 6 heteroatoms. The first kappa shape index (κ1) is 10.8. The molecule has 0 saturated heterocycles. The number of imidazole rings is 1. The molecular formula is C10H15N5O. The second-order valence-corrected chi connectivity index (χ2v) is 3.83. The van der Waals surface area contributed by atoms with E-state index in [0.29, 0.717) is 30.0 Å². The van der Waals surface area contributed by atoms with Crippen LogP contribution in [0.15, 0.2) is 16.9 Å². The van der Waals surface area contributed by atoms with Gasteiger partial charge in [0.15, 0.2) is 5.82 Å². The highest BCUT2D eigenvalue weighted by molar-refractivity contribution is 5.40. The zero-order chi connectivity index (χ0) is 11.4. The van der Waals surface area contributed by atoms with Crippen LogP contribution in [0.1, 0.15) is 19.2 Å². The third-order valence-electron chi connectivity index (χ3n) is 2.43. The molecule has 1 unspecified atom stereocenters. The van der Waals surface area contributed by atoms with Gasteiger partial charge in [-0.2, -0.15) is 4.98 Å². The SMILES string of the molecule is CC(CN)CCc1nc(-c2ncc[nH]2)no1. The average molecular weight is 221 g/mol. The van der Waals surface area contributed by atoms with Crippen molar-refractivity contribution in [2.75, 3.05) is 6.54 Å². The van der Waals surface area contributed by atoms with Crippen LogP contribution in [0.4, 0.5) is 0 Å². The highest BCUT2D eigenvalue weighted by atomic mass is 16.5. The molecule has 0 bridgehead atoms. The monoisotopic (exact) mass is 221 g/mol. The highest BCUT2D eigenvalue weighted by Gasteiger charge is 2.10. The van der Waals surface area contributed by atoms with Gasteiger partial charge in [0.2, 0.25) is 11.7 Å². The molecule has 2 aromatic heterocycles. The van der Waals surface area contributed by atoms with Crippen LogP contribution in [0.5, 0.6) is 0 Å². The second-order valence-electron chi connectivity index (χ2n) is 3.83. The van der Waals surface area contributed by atoms with Crippen LogP contribution < -0.4 is 5.73 Å². The minimum Gasteiger partial charge on any atom is -0.342 e. The van der Waals surface area contributed by atoms with Crippen LogP contribution in [0, 0.1) is 5.92 Å². The first-order valence-corrected chi connectivity index (χ1v) is 5.32. The van der Waals surface area contributed by atoms with Crippen molar-refractivity contribution in [1.29, 1.82) is 0 Å². The molecule has 0 aliphatic carbocycles. The number of nitrogens with two attached hydrogens (primary N) is 1. The van der Waals surface area contributed by atoms with Gasteiger partial charge < -0.3 is 15.2 Å². The number of nitrogens with zero attached hydrogens (tertiary/aromatic N) is 3. The Morgan fingerprint density at radius 1 is 1.56 bits per heavy atom. The number of aryl methyl sites for hydroxylation is 1. The number of hydrogen-bond donors (Lipinski definition) is 2. The summed E-state index contributed by atoms with van der Waals surface area (Å²) in [6, 6.07) is 0. The van der Waals surface area contributed by atoms with Crippen LogP contribution in [0.2, 0.25) is 0 Å². The summed E-state index contributed by atoms with van der Waals surface area (Å²) in [7, 11) is 0. The lowest BCUT2D eigenvalue weighted by Crippen LogP contribution is -2.11. The van der Waals surface area contributed by atoms with Gasteiger partial charge in [0, 0.05) is 18.8 Å². The predicted octanol–water partition coefficient (Wildman–Crippen LogP) is 0.987. The van der Waals surface area contributed by atoms with E-state index in [2.05, 4.69) is 27.0 Å². The third-order valence-corrected chi connectivity index (χ3v) is 2.43. The molecule has 0 saturated carbocycles. The van der Waals surface area contributed by atoms with Gasteiger partial charge in [-0.1, -0.05) is 12.1 Å². The van der Waals surface area contributed by atoms with Gasteiger partial charge in [-0.05, 0) is 18.9 Å². The van der Waals surface area contributed by atoms with E-state index in [9.17, 15) is 0 Å². The number of aromatic nitrogens is 4. The largest absolute Gasteiger partial charge is 0.342 e. The molecule has 0 spiro atoms. The van der Waals surface area contributed by atoms with Gasteiger partial charge in [-0.25, -0.2) is 4.98 Å². The van der Waals surface area contributed by atoms with Crippen LogP contribution in [-0.4, -0.2) is 26.7 Å². The van der Waals surface area contributed by atoms with Crippen molar-refractivity contribution in [2.45, 2.75) is 19.8 Å². The van der Waals surface area contributed by atoms with Gasteiger partial charge in [0.1, 0.15) is 0 Å². The van der Waals surface area contributed by atoms with Crippen molar-refractivity contribution in [3.05, 3.63) is 18.3 Å². The molecule has 0 radical (unpaired) electrons. The van der Waals surface area contributed by atoms with Crippen molar-refractivity contribution < 1.29 is 4.52 Å². The summed E-state index contributed by atoms with van der Waals surface area (Å²) in [5, 5.41) is 3.85. The summed E-state index contributed by atoms with van der Waals surface area (Å²) in [5.74, 6) is 2.23. The third kappa shape index (κ3) is 2.46. The molecule has 0 aliphatic heterocycles. The highest BCUT2D eigenvalue weighted by Crippen LogP contribution is 2.12. The summed E-state index contributed by atoms with van der Waals surface area (Å²) in [4.78, 5) is 11.2. The predicted molar refractivity (Wildman–Crippen MR) is 58.4 cm³/mol. The maximum Gasteiger partial charge on any atom is 0.238 e. The topological polar surface area (TPSA) is 93.6 Å². The Kier molecular flexibility index (Phi) is 3.31. The van der Waals surface area contributed by atoms with Crippen molar-refractivity contribution in [2.24, 2.45) is 11.7 Å². The molecule has 16 heavy (non-hydrogen) atoms. The lowest BCUT2D eigenvalue weighted by molar-refractivity contribution is 0.366. The van der Waals surface area contributed by atoms with Gasteiger partial charge in [0.25, 0.3) is 0 Å². The van der Waals surface area contributed by atoms with E-state index in [0.717, 1.165) is 12.8 Å². The van der Waals surface area contributed by atoms with Crippen molar-refractivity contribution in [3.63, 3.8) is 0 Å². The fourth-order valence-corrected chi connectivity index (χ4v) is 1.33. The standard InChI is InChI=1S/C10H15N5O/c1-7(6-11)2-3-8-14-10(15-16-8)9-12-4-5-13-9/h4-5,7H,2-3,6,11H2,1H3,(H,12,13). The van der Waals surface area contributed by atoms with Crippen molar-refractivity contribution >= 4 is 0 Å². The number of rotatable bonds is 5. The minimum atomic E-state index is 0.471. The minimum absolute atomic E-state index is 0.471. The number of aromatic amines is 1. The molecule has 0 fully saturated rings. The fourth-order valence-electron chi connectivity index (χ4n) is 1.33. The normalized spacial score (nSPS) is 12.9. The summed E-state index contributed by atoms with van der Waals surface area (Å²) >= 11 is 0. The van der Waals surface area contributed by atoms with Crippen LogP contribution in [-0.2, 0) is 6.42 Å². The Morgan fingerprint density at radius 3 is 3.12 bits per heavy atom. The van der Waals surface area contributed by atoms with Gasteiger partial charge >= 0.3 is 0 Å². The second kappa shape index (κ2) is 4.89. The van der Waals surface area contributed by atoms with Gasteiger partial charge in [-0.3, -0.25) is 0 Å². The molecule has 3 N–H and O–H groups in total. The summed E-state index contributed by atoms with van der Waals surface area (Å²) < 4.78 is 5.12. The summed E-state index contributed by atoms with van der Waals surface area (Å²) in [6.45, 7) is 2.78. The zero-order valence-electron chi connectivity index (χ0n) is 9.18. The lowest BCUT2D eigenvalue weighted by atomic mass is 10.1. The first-order valence-electron chi connectivity index (χ1n) is 5.32. The molecule has 86 valence electrons. The zero-order valence-corrected chi connectivity index (χ0v) is 9.18. The fraction of sp³-hybridized carbons (Fsp3) is 0.500. The van der Waals surface area contributed by atoms with Gasteiger partial charge in [0.05, 0.1) is 0 Å². The molecule has 2 rings (SSSR count).